The average molecular weight is 219 g/mol. The Balaban J connectivity index is 1.61. The summed E-state index contributed by atoms with van der Waals surface area (Å²) < 4.78 is 35.5. The summed E-state index contributed by atoms with van der Waals surface area (Å²) in [7, 11) is 0. The predicted octanol–water partition coefficient (Wildman–Crippen LogP) is 2.74. The molecule has 0 spiro atoms. The van der Waals surface area contributed by atoms with Crippen LogP contribution in [0.1, 0.15) is 19.3 Å². The molecule has 1 fully saturated rings. The van der Waals surface area contributed by atoms with E-state index in [9.17, 15) is 13.2 Å². The molecule has 2 rings (SSSR count). The largest absolute Gasteiger partial charge is 0.401 e. The van der Waals surface area contributed by atoms with E-state index in [0.29, 0.717) is 24.3 Å². The van der Waals surface area contributed by atoms with Crippen molar-refractivity contribution in [3.63, 3.8) is 0 Å². The van der Waals surface area contributed by atoms with Crippen LogP contribution in [0.2, 0.25) is 0 Å². The lowest BCUT2D eigenvalue weighted by molar-refractivity contribution is -0.124. The van der Waals surface area contributed by atoms with Gasteiger partial charge < -0.3 is 5.32 Å². The molecule has 0 aromatic rings. The van der Waals surface area contributed by atoms with Crippen LogP contribution in [0.4, 0.5) is 13.2 Å². The Morgan fingerprint density at radius 3 is 2.53 bits per heavy atom. The molecular formula is C11H16F3N. The number of alkyl halides is 3. The molecule has 0 amide bonds. The molecule has 3 atom stereocenters. The Labute approximate surface area is 87.7 Å². The van der Waals surface area contributed by atoms with E-state index >= 15 is 0 Å². The molecule has 1 nitrogen and oxygen atoms in total. The molecular weight excluding hydrogens is 203 g/mol. The van der Waals surface area contributed by atoms with E-state index in [1.165, 1.54) is 12.8 Å². The van der Waals surface area contributed by atoms with Gasteiger partial charge >= 0.3 is 6.18 Å². The molecule has 0 aliphatic heterocycles. The second-order valence-corrected chi connectivity index (χ2v) is 4.62. The van der Waals surface area contributed by atoms with Gasteiger partial charge in [0.1, 0.15) is 0 Å². The molecule has 2 aliphatic carbocycles. The third kappa shape index (κ3) is 2.97. The van der Waals surface area contributed by atoms with Gasteiger partial charge in [-0.25, -0.2) is 0 Å². The summed E-state index contributed by atoms with van der Waals surface area (Å²) in [6.07, 6.45) is 3.70. The van der Waals surface area contributed by atoms with Crippen LogP contribution in [0.5, 0.6) is 0 Å². The Morgan fingerprint density at radius 2 is 2.00 bits per heavy atom. The molecule has 0 heterocycles. The van der Waals surface area contributed by atoms with Crippen molar-refractivity contribution in [2.24, 2.45) is 17.8 Å². The highest BCUT2D eigenvalue weighted by Crippen LogP contribution is 2.44. The van der Waals surface area contributed by atoms with Crippen LogP contribution in [0.3, 0.4) is 0 Å². The van der Waals surface area contributed by atoms with Crippen LogP contribution < -0.4 is 5.32 Å². The summed E-state index contributed by atoms with van der Waals surface area (Å²) in [5.74, 6) is 1.96. The maximum absolute atomic E-state index is 11.8. The van der Waals surface area contributed by atoms with E-state index in [4.69, 9.17) is 0 Å². The number of rotatable bonds is 4. The Morgan fingerprint density at radius 1 is 1.20 bits per heavy atom. The van der Waals surface area contributed by atoms with Crippen molar-refractivity contribution in [1.82, 2.24) is 5.32 Å². The minimum atomic E-state index is -4.07. The topological polar surface area (TPSA) is 12.0 Å². The summed E-state index contributed by atoms with van der Waals surface area (Å²) in [5.41, 5.74) is 0. The first-order chi connectivity index (χ1) is 7.04. The van der Waals surface area contributed by atoms with Gasteiger partial charge in [-0.15, -0.1) is 0 Å². The first-order valence-electron chi connectivity index (χ1n) is 5.50. The molecule has 0 saturated heterocycles. The quantitative estimate of drug-likeness (QED) is 0.566. The van der Waals surface area contributed by atoms with Gasteiger partial charge in [0.2, 0.25) is 0 Å². The van der Waals surface area contributed by atoms with Gasteiger partial charge in [0.15, 0.2) is 0 Å². The number of allylic oxidation sites excluding steroid dienone is 2. The number of halogens is 3. The molecule has 86 valence electrons. The fraction of sp³-hybridized carbons (Fsp3) is 0.818. The molecule has 0 aromatic carbocycles. The molecule has 1 saturated carbocycles. The third-order valence-electron chi connectivity index (χ3n) is 3.43. The van der Waals surface area contributed by atoms with Crippen molar-refractivity contribution in [2.75, 3.05) is 13.1 Å². The van der Waals surface area contributed by atoms with E-state index < -0.39 is 12.7 Å². The van der Waals surface area contributed by atoms with Crippen molar-refractivity contribution in [3.8, 4) is 0 Å². The van der Waals surface area contributed by atoms with Gasteiger partial charge in [0, 0.05) is 0 Å². The maximum Gasteiger partial charge on any atom is 0.401 e. The zero-order chi connectivity index (χ0) is 10.9. The highest BCUT2D eigenvalue weighted by atomic mass is 19.4. The lowest BCUT2D eigenvalue weighted by Gasteiger charge is -2.18. The zero-order valence-corrected chi connectivity index (χ0v) is 8.56. The van der Waals surface area contributed by atoms with Crippen molar-refractivity contribution >= 4 is 0 Å². The monoisotopic (exact) mass is 219 g/mol. The maximum atomic E-state index is 11.8. The summed E-state index contributed by atoms with van der Waals surface area (Å²) in [5, 5.41) is 2.46. The summed E-state index contributed by atoms with van der Waals surface area (Å²) in [6.45, 7) is -0.370. The standard InChI is InChI=1S/C11H16F3N/c12-11(13,14)7-15-4-3-10-6-8-1-2-9(10)5-8/h1-2,8-10,15H,3-7H2. The Bertz CT molecular complexity index is 247. The normalized spacial score (nSPS) is 33.9. The van der Waals surface area contributed by atoms with Crippen LogP contribution in [0, 0.1) is 17.8 Å². The van der Waals surface area contributed by atoms with Gasteiger partial charge in [0.25, 0.3) is 0 Å². The molecule has 0 radical (unpaired) electrons. The minimum Gasteiger partial charge on any atom is -0.309 e. The Hall–Kier alpha value is -0.510. The van der Waals surface area contributed by atoms with Crippen LogP contribution in [0.15, 0.2) is 12.2 Å². The number of nitrogens with one attached hydrogen (secondary N) is 1. The molecule has 0 aromatic heterocycles. The van der Waals surface area contributed by atoms with Gasteiger partial charge in [-0.2, -0.15) is 13.2 Å². The smallest absolute Gasteiger partial charge is 0.309 e. The second-order valence-electron chi connectivity index (χ2n) is 4.62. The van der Waals surface area contributed by atoms with Crippen molar-refractivity contribution in [3.05, 3.63) is 12.2 Å². The van der Waals surface area contributed by atoms with Gasteiger partial charge in [-0.1, -0.05) is 12.2 Å². The molecule has 3 unspecified atom stereocenters. The molecule has 1 N–H and O–H groups in total. The van der Waals surface area contributed by atoms with E-state index in [1.807, 2.05) is 0 Å². The van der Waals surface area contributed by atoms with Gasteiger partial charge in [-0.3, -0.25) is 0 Å². The average Bonchev–Trinajstić information content (AvgIpc) is 2.71. The van der Waals surface area contributed by atoms with Crippen LogP contribution in [0.25, 0.3) is 0 Å². The molecule has 15 heavy (non-hydrogen) atoms. The second kappa shape index (κ2) is 4.16. The highest BCUT2D eigenvalue weighted by molar-refractivity contribution is 5.09. The van der Waals surface area contributed by atoms with E-state index in [1.54, 1.807) is 0 Å². The zero-order valence-electron chi connectivity index (χ0n) is 8.56. The van der Waals surface area contributed by atoms with E-state index in [2.05, 4.69) is 17.5 Å². The van der Waals surface area contributed by atoms with Crippen LogP contribution in [-0.2, 0) is 0 Å². The first kappa shape index (κ1) is 11.0. The Kier molecular flexibility index (Phi) is 3.05. The summed E-state index contributed by atoms with van der Waals surface area (Å²) >= 11 is 0. The number of hydrogen-bond acceptors (Lipinski definition) is 1. The van der Waals surface area contributed by atoms with E-state index in [-0.39, 0.29) is 0 Å². The minimum absolute atomic E-state index is 0.487. The van der Waals surface area contributed by atoms with Crippen LogP contribution >= 0.6 is 0 Å². The highest BCUT2D eigenvalue weighted by Gasteiger charge is 2.35. The summed E-state index contributed by atoms with van der Waals surface area (Å²) in [4.78, 5) is 0. The number of hydrogen-bond donors (Lipinski definition) is 1. The first-order valence-corrected chi connectivity index (χ1v) is 5.50. The fourth-order valence-corrected chi connectivity index (χ4v) is 2.74. The van der Waals surface area contributed by atoms with Crippen molar-refractivity contribution in [1.29, 1.82) is 0 Å². The lowest BCUT2D eigenvalue weighted by Crippen LogP contribution is -2.30. The van der Waals surface area contributed by atoms with Gasteiger partial charge in [0.05, 0.1) is 6.54 Å². The number of fused-ring (bicyclic) bond motifs is 2. The summed E-state index contributed by atoms with van der Waals surface area (Å²) in [6, 6.07) is 0. The predicted molar refractivity (Wildman–Crippen MR) is 52.4 cm³/mol. The molecule has 2 bridgehead atoms. The van der Waals surface area contributed by atoms with Crippen LogP contribution in [-0.4, -0.2) is 19.3 Å². The van der Waals surface area contributed by atoms with E-state index in [0.717, 1.165) is 6.42 Å². The molecule has 4 heteroatoms. The van der Waals surface area contributed by atoms with Crippen molar-refractivity contribution in [2.45, 2.75) is 25.4 Å². The van der Waals surface area contributed by atoms with Gasteiger partial charge in [-0.05, 0) is 43.6 Å². The SMILES string of the molecule is FC(F)(F)CNCCC1CC2C=CC1C2. The van der Waals surface area contributed by atoms with Crippen molar-refractivity contribution < 1.29 is 13.2 Å². The molecule has 2 aliphatic rings. The third-order valence-corrected chi connectivity index (χ3v) is 3.43. The lowest BCUT2D eigenvalue weighted by atomic mass is 9.91. The fourth-order valence-electron chi connectivity index (χ4n) is 2.74.